The van der Waals surface area contributed by atoms with Gasteiger partial charge in [-0.15, -0.1) is 0 Å². The Hall–Kier alpha value is -2.62. The Morgan fingerprint density at radius 1 is 1.04 bits per heavy atom. The molecule has 1 aliphatic rings. The van der Waals surface area contributed by atoms with E-state index in [9.17, 15) is 9.59 Å². The lowest BCUT2D eigenvalue weighted by atomic mass is 9.96. The highest BCUT2D eigenvalue weighted by Crippen LogP contribution is 2.49. The zero-order valence-electron chi connectivity index (χ0n) is 14.6. The van der Waals surface area contributed by atoms with E-state index in [1.165, 1.54) is 0 Å². The number of benzene rings is 2. The molecule has 0 heterocycles. The van der Waals surface area contributed by atoms with Crippen molar-refractivity contribution in [3.05, 3.63) is 65.7 Å². The summed E-state index contributed by atoms with van der Waals surface area (Å²) in [6, 6.07) is 17.3. The number of esters is 1. The molecule has 3 rings (SSSR count). The lowest BCUT2D eigenvalue weighted by molar-refractivity contribution is -0.150. The molecule has 4 nitrogen and oxygen atoms in total. The Morgan fingerprint density at radius 3 is 2.32 bits per heavy atom. The number of hydrogen-bond acceptors (Lipinski definition) is 3. The minimum atomic E-state index is -0.558. The molecule has 1 amide bonds. The summed E-state index contributed by atoms with van der Waals surface area (Å²) in [6.45, 7) is 3.88. The van der Waals surface area contributed by atoms with Crippen LogP contribution in [0.25, 0.3) is 0 Å². The number of ether oxygens (including phenoxy) is 1. The van der Waals surface area contributed by atoms with E-state index in [2.05, 4.69) is 19.2 Å². The van der Waals surface area contributed by atoms with Crippen molar-refractivity contribution in [2.45, 2.75) is 38.0 Å². The number of anilines is 1. The Bertz CT molecular complexity index is 764. The quantitative estimate of drug-likeness (QED) is 0.810. The highest BCUT2D eigenvalue weighted by Gasteiger charge is 2.52. The third-order valence-corrected chi connectivity index (χ3v) is 4.66. The largest absolute Gasteiger partial charge is 0.455 e. The normalized spacial score (nSPS) is 14.8. The fourth-order valence-electron chi connectivity index (χ4n) is 3.06. The van der Waals surface area contributed by atoms with Gasteiger partial charge >= 0.3 is 5.97 Å². The van der Waals surface area contributed by atoms with Crippen molar-refractivity contribution in [2.24, 2.45) is 0 Å². The first-order valence-corrected chi connectivity index (χ1v) is 8.64. The third kappa shape index (κ3) is 3.73. The van der Waals surface area contributed by atoms with Crippen LogP contribution in [0.5, 0.6) is 0 Å². The van der Waals surface area contributed by atoms with Gasteiger partial charge in [-0.1, -0.05) is 62.4 Å². The molecule has 1 N–H and O–H groups in total. The van der Waals surface area contributed by atoms with E-state index in [0.717, 1.165) is 29.7 Å². The third-order valence-electron chi connectivity index (χ3n) is 4.66. The maximum absolute atomic E-state index is 12.5. The van der Waals surface area contributed by atoms with E-state index in [1.54, 1.807) is 0 Å². The van der Waals surface area contributed by atoms with Gasteiger partial charge in [0.05, 0.1) is 5.41 Å². The molecule has 0 aromatic heterocycles. The van der Waals surface area contributed by atoms with Crippen LogP contribution in [0.4, 0.5) is 5.69 Å². The minimum absolute atomic E-state index is 0.264. The molecule has 0 spiro atoms. The Kier molecular flexibility index (Phi) is 4.88. The molecule has 1 saturated carbocycles. The van der Waals surface area contributed by atoms with Gasteiger partial charge in [0.15, 0.2) is 6.61 Å². The molecular weight excluding hydrogens is 314 g/mol. The molecule has 1 aliphatic carbocycles. The van der Waals surface area contributed by atoms with Crippen LogP contribution >= 0.6 is 0 Å². The predicted octanol–water partition coefficient (Wildman–Crippen LogP) is 4.02. The summed E-state index contributed by atoms with van der Waals surface area (Å²) in [4.78, 5) is 24.6. The van der Waals surface area contributed by atoms with Crippen molar-refractivity contribution in [1.82, 2.24) is 0 Å². The van der Waals surface area contributed by atoms with Gasteiger partial charge in [0.1, 0.15) is 0 Å². The summed E-state index contributed by atoms with van der Waals surface area (Å²) in [5, 5.41) is 2.84. The lowest BCUT2D eigenvalue weighted by Gasteiger charge is -2.16. The molecule has 0 unspecified atom stereocenters. The van der Waals surface area contributed by atoms with Crippen LogP contribution in [0.15, 0.2) is 54.6 Å². The van der Waals surface area contributed by atoms with Crippen molar-refractivity contribution in [3.8, 4) is 0 Å². The van der Waals surface area contributed by atoms with Gasteiger partial charge in [0.25, 0.3) is 5.91 Å². The second-order valence-corrected chi connectivity index (χ2v) is 6.81. The number of nitrogens with one attached hydrogen (secondary N) is 1. The average molecular weight is 337 g/mol. The van der Waals surface area contributed by atoms with Gasteiger partial charge in [-0.05, 0) is 36.0 Å². The van der Waals surface area contributed by atoms with Crippen LogP contribution < -0.4 is 5.32 Å². The van der Waals surface area contributed by atoms with Crippen LogP contribution in [0.1, 0.15) is 43.7 Å². The highest BCUT2D eigenvalue weighted by atomic mass is 16.5. The number of hydrogen-bond donors (Lipinski definition) is 1. The summed E-state index contributed by atoms with van der Waals surface area (Å²) in [5.41, 5.74) is 2.23. The van der Waals surface area contributed by atoms with Gasteiger partial charge in [-0.25, -0.2) is 0 Å². The van der Waals surface area contributed by atoms with Gasteiger partial charge in [-0.3, -0.25) is 9.59 Å². The van der Waals surface area contributed by atoms with Crippen LogP contribution in [-0.2, 0) is 19.7 Å². The van der Waals surface area contributed by atoms with E-state index >= 15 is 0 Å². The maximum Gasteiger partial charge on any atom is 0.317 e. The Balaban J connectivity index is 1.59. The zero-order chi connectivity index (χ0) is 17.9. The summed E-state index contributed by atoms with van der Waals surface area (Å²) in [7, 11) is 0. The standard InChI is InChI=1S/C21H23NO3/c1-15(2)17-10-6-7-11-18(17)22-19(23)14-25-20(24)21(12-13-21)16-8-4-3-5-9-16/h3-11,15H,12-14H2,1-2H3,(H,22,23). The SMILES string of the molecule is CC(C)c1ccccc1NC(=O)COC(=O)C1(c2ccccc2)CC1. The number of carbonyl (C=O) groups is 2. The van der Waals surface area contributed by atoms with Gasteiger partial charge in [0, 0.05) is 5.69 Å². The smallest absolute Gasteiger partial charge is 0.317 e. The van der Waals surface area contributed by atoms with E-state index < -0.39 is 5.41 Å². The number of rotatable bonds is 6. The van der Waals surface area contributed by atoms with Gasteiger partial charge < -0.3 is 10.1 Å². The second kappa shape index (κ2) is 7.09. The monoisotopic (exact) mass is 337 g/mol. The molecule has 2 aromatic carbocycles. The topological polar surface area (TPSA) is 55.4 Å². The molecule has 130 valence electrons. The highest BCUT2D eigenvalue weighted by molar-refractivity contribution is 5.95. The molecule has 0 bridgehead atoms. The number of para-hydroxylation sites is 1. The van der Waals surface area contributed by atoms with E-state index in [4.69, 9.17) is 4.74 Å². The molecule has 0 aliphatic heterocycles. The fourth-order valence-corrected chi connectivity index (χ4v) is 3.06. The van der Waals surface area contributed by atoms with Crippen molar-refractivity contribution in [1.29, 1.82) is 0 Å². The van der Waals surface area contributed by atoms with Crippen LogP contribution in [-0.4, -0.2) is 18.5 Å². The summed E-state index contributed by atoms with van der Waals surface area (Å²) in [6.07, 6.45) is 1.54. The Labute approximate surface area is 148 Å². The molecule has 0 saturated heterocycles. The zero-order valence-corrected chi connectivity index (χ0v) is 14.6. The van der Waals surface area contributed by atoms with Gasteiger partial charge in [0.2, 0.25) is 0 Å². The molecule has 0 atom stereocenters. The Morgan fingerprint density at radius 2 is 1.68 bits per heavy atom. The van der Waals surface area contributed by atoms with Crippen LogP contribution in [0, 0.1) is 0 Å². The molecule has 25 heavy (non-hydrogen) atoms. The van der Waals surface area contributed by atoms with Crippen molar-refractivity contribution in [3.63, 3.8) is 0 Å². The van der Waals surface area contributed by atoms with Crippen molar-refractivity contribution < 1.29 is 14.3 Å². The minimum Gasteiger partial charge on any atom is -0.455 e. The first-order chi connectivity index (χ1) is 12.0. The van der Waals surface area contributed by atoms with Crippen molar-refractivity contribution >= 4 is 17.6 Å². The van der Waals surface area contributed by atoms with Crippen LogP contribution in [0.3, 0.4) is 0 Å². The van der Waals surface area contributed by atoms with E-state index in [-0.39, 0.29) is 18.5 Å². The second-order valence-electron chi connectivity index (χ2n) is 6.81. The lowest BCUT2D eigenvalue weighted by Crippen LogP contribution is -2.28. The van der Waals surface area contributed by atoms with E-state index in [1.807, 2.05) is 54.6 Å². The fraction of sp³-hybridized carbons (Fsp3) is 0.333. The number of carbonyl (C=O) groups excluding carboxylic acids is 2. The van der Waals surface area contributed by atoms with Crippen LogP contribution in [0.2, 0.25) is 0 Å². The summed E-state index contributed by atoms with van der Waals surface area (Å²) >= 11 is 0. The summed E-state index contributed by atoms with van der Waals surface area (Å²) in [5.74, 6) is -0.330. The predicted molar refractivity (Wildman–Crippen MR) is 97.5 cm³/mol. The molecule has 1 fully saturated rings. The first-order valence-electron chi connectivity index (χ1n) is 8.64. The molecule has 2 aromatic rings. The molecule has 4 heteroatoms. The molecule has 0 radical (unpaired) electrons. The maximum atomic E-state index is 12.5. The van der Waals surface area contributed by atoms with Crippen molar-refractivity contribution in [2.75, 3.05) is 11.9 Å². The average Bonchev–Trinajstić information content (AvgIpc) is 3.43. The number of amides is 1. The van der Waals surface area contributed by atoms with E-state index in [0.29, 0.717) is 5.92 Å². The molecular formula is C21H23NO3. The van der Waals surface area contributed by atoms with Gasteiger partial charge in [-0.2, -0.15) is 0 Å². The summed E-state index contributed by atoms with van der Waals surface area (Å²) < 4.78 is 5.31. The first kappa shape index (κ1) is 17.2.